The van der Waals surface area contributed by atoms with Gasteiger partial charge in [-0.2, -0.15) is 0 Å². The number of ketones is 1. The van der Waals surface area contributed by atoms with Crippen molar-refractivity contribution in [3.63, 3.8) is 0 Å². The molecule has 4 heteroatoms. The van der Waals surface area contributed by atoms with Gasteiger partial charge in [-0.05, 0) is 5.56 Å². The van der Waals surface area contributed by atoms with Gasteiger partial charge in [-0.3, -0.25) is 4.79 Å². The SMILES string of the molecule is O=C(CCS(=O)(=O)Cc1ccccc1)c1ccccc1. The number of hydrogen-bond acceptors (Lipinski definition) is 3. The van der Waals surface area contributed by atoms with E-state index in [0.29, 0.717) is 5.56 Å². The van der Waals surface area contributed by atoms with Gasteiger partial charge in [-0.15, -0.1) is 0 Å². The van der Waals surface area contributed by atoms with E-state index >= 15 is 0 Å². The Labute approximate surface area is 119 Å². The summed E-state index contributed by atoms with van der Waals surface area (Å²) in [5.41, 5.74) is 1.31. The lowest BCUT2D eigenvalue weighted by atomic mass is 10.1. The molecule has 0 aromatic heterocycles. The zero-order valence-electron chi connectivity index (χ0n) is 11.0. The molecule has 20 heavy (non-hydrogen) atoms. The first kappa shape index (κ1) is 14.5. The van der Waals surface area contributed by atoms with Gasteiger partial charge in [0.15, 0.2) is 15.6 Å². The summed E-state index contributed by atoms with van der Waals surface area (Å²) >= 11 is 0. The predicted octanol–water partition coefficient (Wildman–Crippen LogP) is 2.87. The number of Topliss-reactive ketones (excluding diaryl/α,β-unsaturated/α-hetero) is 1. The number of carbonyl (C=O) groups excluding carboxylic acids is 1. The summed E-state index contributed by atoms with van der Waals surface area (Å²) in [6.45, 7) is 0. The Kier molecular flexibility index (Phi) is 4.69. The van der Waals surface area contributed by atoms with Gasteiger partial charge in [0.2, 0.25) is 0 Å². The van der Waals surface area contributed by atoms with E-state index < -0.39 is 9.84 Å². The van der Waals surface area contributed by atoms with Crippen molar-refractivity contribution in [1.29, 1.82) is 0 Å². The summed E-state index contributed by atoms with van der Waals surface area (Å²) < 4.78 is 24.0. The van der Waals surface area contributed by atoms with Gasteiger partial charge in [0, 0.05) is 12.0 Å². The van der Waals surface area contributed by atoms with Gasteiger partial charge in [-0.25, -0.2) is 8.42 Å². The Morgan fingerprint density at radius 2 is 1.40 bits per heavy atom. The van der Waals surface area contributed by atoms with Crippen molar-refractivity contribution >= 4 is 15.6 Å². The van der Waals surface area contributed by atoms with Crippen molar-refractivity contribution in [3.8, 4) is 0 Å². The molecular formula is C16H16O3S. The molecule has 3 nitrogen and oxygen atoms in total. The molecule has 0 N–H and O–H groups in total. The average Bonchev–Trinajstić information content (AvgIpc) is 2.46. The lowest BCUT2D eigenvalue weighted by Crippen LogP contribution is -2.13. The van der Waals surface area contributed by atoms with Crippen molar-refractivity contribution in [2.24, 2.45) is 0 Å². The largest absolute Gasteiger partial charge is 0.294 e. The second-order valence-electron chi connectivity index (χ2n) is 4.62. The Bertz CT molecular complexity index is 661. The van der Waals surface area contributed by atoms with Crippen LogP contribution in [0.25, 0.3) is 0 Å². The third-order valence-electron chi connectivity index (χ3n) is 2.97. The third-order valence-corrected chi connectivity index (χ3v) is 4.56. The van der Waals surface area contributed by atoms with Crippen LogP contribution in [0.4, 0.5) is 0 Å². The van der Waals surface area contributed by atoms with Crippen molar-refractivity contribution in [2.45, 2.75) is 12.2 Å². The van der Waals surface area contributed by atoms with Crippen molar-refractivity contribution in [3.05, 3.63) is 71.8 Å². The summed E-state index contributed by atoms with van der Waals surface area (Å²) in [6.07, 6.45) is 0.0270. The monoisotopic (exact) mass is 288 g/mol. The van der Waals surface area contributed by atoms with Crippen LogP contribution in [0.15, 0.2) is 60.7 Å². The van der Waals surface area contributed by atoms with E-state index in [9.17, 15) is 13.2 Å². The molecule has 0 radical (unpaired) electrons. The second kappa shape index (κ2) is 6.48. The molecule has 0 saturated heterocycles. The molecule has 0 aliphatic heterocycles. The number of sulfone groups is 1. The van der Waals surface area contributed by atoms with Crippen LogP contribution in [0.5, 0.6) is 0 Å². The van der Waals surface area contributed by atoms with Crippen LogP contribution >= 0.6 is 0 Å². The van der Waals surface area contributed by atoms with Gasteiger partial charge in [-0.1, -0.05) is 60.7 Å². The minimum absolute atomic E-state index is 0.0179. The summed E-state index contributed by atoms with van der Waals surface area (Å²) in [4.78, 5) is 11.9. The maximum absolute atomic E-state index is 12.0. The maximum atomic E-state index is 12.0. The van der Waals surface area contributed by atoms with Crippen LogP contribution in [-0.2, 0) is 15.6 Å². The van der Waals surface area contributed by atoms with Gasteiger partial charge >= 0.3 is 0 Å². The predicted molar refractivity (Wildman–Crippen MR) is 79.3 cm³/mol. The van der Waals surface area contributed by atoms with E-state index in [4.69, 9.17) is 0 Å². The molecule has 2 aromatic carbocycles. The molecule has 2 rings (SSSR count). The number of hydrogen-bond donors (Lipinski definition) is 0. The van der Waals surface area contributed by atoms with Crippen LogP contribution in [0.3, 0.4) is 0 Å². The second-order valence-corrected chi connectivity index (χ2v) is 6.80. The Balaban J connectivity index is 1.95. The first-order valence-corrected chi connectivity index (χ1v) is 8.21. The van der Waals surface area contributed by atoms with Crippen molar-refractivity contribution in [2.75, 3.05) is 5.75 Å². The van der Waals surface area contributed by atoms with E-state index in [0.717, 1.165) is 5.56 Å². The zero-order chi connectivity index (χ0) is 14.4. The molecule has 0 amide bonds. The average molecular weight is 288 g/mol. The van der Waals surface area contributed by atoms with E-state index in [1.54, 1.807) is 48.5 Å². The van der Waals surface area contributed by atoms with Gasteiger partial charge < -0.3 is 0 Å². The van der Waals surface area contributed by atoms with Gasteiger partial charge in [0.1, 0.15) is 0 Å². The molecule has 2 aromatic rings. The summed E-state index contributed by atoms with van der Waals surface area (Å²) in [7, 11) is -3.26. The van der Waals surface area contributed by atoms with Crippen molar-refractivity contribution in [1.82, 2.24) is 0 Å². The third kappa shape index (κ3) is 4.31. The molecule has 0 aliphatic rings. The molecule has 0 unspecified atom stereocenters. The molecule has 0 atom stereocenters. The number of rotatable bonds is 6. The Morgan fingerprint density at radius 3 is 2.00 bits per heavy atom. The van der Waals surface area contributed by atoms with Crippen LogP contribution in [0.2, 0.25) is 0 Å². The number of carbonyl (C=O) groups is 1. The van der Waals surface area contributed by atoms with Crippen LogP contribution < -0.4 is 0 Å². The maximum Gasteiger partial charge on any atom is 0.163 e. The van der Waals surface area contributed by atoms with Crippen molar-refractivity contribution < 1.29 is 13.2 Å². The Hall–Kier alpha value is -1.94. The minimum Gasteiger partial charge on any atom is -0.294 e. The number of benzene rings is 2. The smallest absolute Gasteiger partial charge is 0.163 e. The minimum atomic E-state index is -3.26. The summed E-state index contributed by atoms with van der Waals surface area (Å²) in [5.74, 6) is -0.270. The summed E-state index contributed by atoms with van der Waals surface area (Å²) in [5, 5.41) is 0. The standard InChI is InChI=1S/C16H16O3S/c17-16(15-9-5-2-6-10-15)11-12-20(18,19)13-14-7-3-1-4-8-14/h1-10H,11-13H2. The fraction of sp³-hybridized carbons (Fsp3) is 0.188. The normalized spacial score (nSPS) is 11.2. The van der Waals surface area contributed by atoms with Gasteiger partial charge in [0.05, 0.1) is 11.5 Å². The molecule has 0 fully saturated rings. The van der Waals surface area contributed by atoms with Crippen LogP contribution in [0.1, 0.15) is 22.3 Å². The Morgan fingerprint density at radius 1 is 0.850 bits per heavy atom. The molecule has 0 heterocycles. The zero-order valence-corrected chi connectivity index (χ0v) is 11.8. The molecule has 0 aliphatic carbocycles. The first-order chi connectivity index (χ1) is 9.57. The molecule has 0 bridgehead atoms. The lowest BCUT2D eigenvalue weighted by molar-refractivity contribution is 0.0988. The van der Waals surface area contributed by atoms with E-state index in [1.807, 2.05) is 12.1 Å². The highest BCUT2D eigenvalue weighted by Gasteiger charge is 2.15. The van der Waals surface area contributed by atoms with Crippen LogP contribution in [0, 0.1) is 0 Å². The molecule has 0 spiro atoms. The molecular weight excluding hydrogens is 272 g/mol. The summed E-state index contributed by atoms with van der Waals surface area (Å²) in [6, 6.07) is 17.8. The van der Waals surface area contributed by atoms with E-state index in [2.05, 4.69) is 0 Å². The van der Waals surface area contributed by atoms with E-state index in [-0.39, 0.29) is 23.7 Å². The topological polar surface area (TPSA) is 51.2 Å². The van der Waals surface area contributed by atoms with E-state index in [1.165, 1.54) is 0 Å². The van der Waals surface area contributed by atoms with Gasteiger partial charge in [0.25, 0.3) is 0 Å². The fourth-order valence-corrected chi connectivity index (χ4v) is 3.26. The highest BCUT2D eigenvalue weighted by molar-refractivity contribution is 7.90. The van der Waals surface area contributed by atoms with Crippen LogP contribution in [-0.4, -0.2) is 20.0 Å². The highest BCUT2D eigenvalue weighted by atomic mass is 32.2. The quantitative estimate of drug-likeness (QED) is 0.768. The first-order valence-electron chi connectivity index (χ1n) is 6.39. The lowest BCUT2D eigenvalue weighted by Gasteiger charge is -2.04. The fourth-order valence-electron chi connectivity index (χ4n) is 1.92. The molecule has 104 valence electrons. The molecule has 0 saturated carbocycles. The highest BCUT2D eigenvalue weighted by Crippen LogP contribution is 2.09.